The van der Waals surface area contributed by atoms with Gasteiger partial charge in [-0.15, -0.1) is 0 Å². The number of carbonyl (C=O) groups is 2. The molecule has 2 amide bonds. The lowest BCUT2D eigenvalue weighted by molar-refractivity contribution is -0.149. The summed E-state index contributed by atoms with van der Waals surface area (Å²) in [7, 11) is 0. The number of carbonyl (C=O) groups excluding carboxylic acids is 2. The van der Waals surface area contributed by atoms with E-state index >= 15 is 0 Å². The Balaban J connectivity index is 2.09. The second-order valence-corrected chi connectivity index (χ2v) is 5.94. The number of nitrogens with zero attached hydrogens (tertiary/aromatic N) is 2. The van der Waals surface area contributed by atoms with Gasteiger partial charge in [0.1, 0.15) is 6.04 Å². The molecule has 0 saturated carbocycles. The predicted octanol–water partition coefficient (Wildman–Crippen LogP) is 0.454. The van der Waals surface area contributed by atoms with Gasteiger partial charge in [0, 0.05) is 12.6 Å². The van der Waals surface area contributed by atoms with Gasteiger partial charge in [-0.2, -0.15) is 0 Å². The molecule has 0 aliphatic carbocycles. The van der Waals surface area contributed by atoms with Crippen molar-refractivity contribution in [1.82, 2.24) is 15.1 Å². The Morgan fingerprint density at radius 3 is 2.74 bits per heavy atom. The van der Waals surface area contributed by atoms with Crippen LogP contribution in [0.2, 0.25) is 0 Å². The number of likely N-dealkylation sites (N-methyl/N-ethyl adjacent to an activating group) is 1. The van der Waals surface area contributed by atoms with E-state index in [1.165, 1.54) is 0 Å². The first-order chi connectivity index (χ1) is 9.02. The summed E-state index contributed by atoms with van der Waals surface area (Å²) in [6.45, 7) is 9.35. The minimum Gasteiger partial charge on any atom is -0.343 e. The summed E-state index contributed by atoms with van der Waals surface area (Å²) in [4.78, 5) is 28.5. The van der Waals surface area contributed by atoms with Crippen LogP contribution in [0.15, 0.2) is 0 Å². The van der Waals surface area contributed by atoms with Crippen LogP contribution in [-0.2, 0) is 9.59 Å². The lowest BCUT2D eigenvalue weighted by Gasteiger charge is -2.43. The maximum atomic E-state index is 12.5. The van der Waals surface area contributed by atoms with E-state index in [4.69, 9.17) is 0 Å². The van der Waals surface area contributed by atoms with E-state index in [9.17, 15) is 9.59 Å². The Hall–Kier alpha value is -1.10. The zero-order valence-electron chi connectivity index (χ0n) is 12.2. The van der Waals surface area contributed by atoms with Crippen LogP contribution in [0.25, 0.3) is 0 Å². The number of amides is 2. The molecule has 2 unspecified atom stereocenters. The molecule has 2 rings (SSSR count). The predicted molar refractivity (Wildman–Crippen MR) is 73.6 cm³/mol. The standard InChI is InChI=1S/C14H25N3O2/c1-4-16-7-5-6-11(8-16)17-9-12(18)15-13(10(2)3)14(17)19/h10-11,13H,4-9H2,1-3H3,(H,15,18). The van der Waals surface area contributed by atoms with Gasteiger partial charge in [0.2, 0.25) is 11.8 Å². The lowest BCUT2D eigenvalue weighted by Crippen LogP contribution is -2.64. The van der Waals surface area contributed by atoms with Crippen LogP contribution in [-0.4, -0.2) is 59.9 Å². The van der Waals surface area contributed by atoms with E-state index in [2.05, 4.69) is 17.1 Å². The molecule has 2 aliphatic rings. The Kier molecular flexibility index (Phi) is 4.45. The number of piperazine rings is 1. The molecule has 5 heteroatoms. The van der Waals surface area contributed by atoms with Gasteiger partial charge in [0.05, 0.1) is 6.54 Å². The van der Waals surface area contributed by atoms with E-state index in [1.54, 1.807) is 0 Å². The summed E-state index contributed by atoms with van der Waals surface area (Å²) in [6, 6.07) is -0.147. The van der Waals surface area contributed by atoms with Gasteiger partial charge in [0.25, 0.3) is 0 Å². The van der Waals surface area contributed by atoms with Gasteiger partial charge >= 0.3 is 0 Å². The quantitative estimate of drug-likeness (QED) is 0.808. The molecule has 5 nitrogen and oxygen atoms in total. The second kappa shape index (κ2) is 5.90. The molecular formula is C14H25N3O2. The highest BCUT2D eigenvalue weighted by Crippen LogP contribution is 2.20. The number of nitrogens with one attached hydrogen (secondary N) is 1. The average Bonchev–Trinajstić information content (AvgIpc) is 2.40. The smallest absolute Gasteiger partial charge is 0.246 e. The molecule has 0 aromatic heterocycles. The summed E-state index contributed by atoms with van der Waals surface area (Å²) >= 11 is 0. The van der Waals surface area contributed by atoms with Crippen molar-refractivity contribution in [2.24, 2.45) is 5.92 Å². The van der Waals surface area contributed by atoms with Crippen LogP contribution in [0, 0.1) is 5.92 Å². The molecule has 0 aromatic rings. The Labute approximate surface area is 115 Å². The minimum absolute atomic E-state index is 0.0214. The van der Waals surface area contributed by atoms with Crippen molar-refractivity contribution in [1.29, 1.82) is 0 Å². The first-order valence-electron chi connectivity index (χ1n) is 7.35. The third-order valence-electron chi connectivity index (χ3n) is 4.21. The second-order valence-electron chi connectivity index (χ2n) is 5.94. The van der Waals surface area contributed by atoms with E-state index in [0.717, 1.165) is 32.5 Å². The van der Waals surface area contributed by atoms with Gasteiger partial charge in [-0.3, -0.25) is 9.59 Å². The maximum absolute atomic E-state index is 12.5. The Morgan fingerprint density at radius 2 is 2.11 bits per heavy atom. The molecule has 0 bridgehead atoms. The molecule has 1 N–H and O–H groups in total. The van der Waals surface area contributed by atoms with Crippen molar-refractivity contribution in [3.63, 3.8) is 0 Å². The molecule has 2 saturated heterocycles. The van der Waals surface area contributed by atoms with E-state index < -0.39 is 0 Å². The van der Waals surface area contributed by atoms with Gasteiger partial charge in [-0.25, -0.2) is 0 Å². The largest absolute Gasteiger partial charge is 0.343 e. The Bertz CT molecular complexity index is 357. The molecule has 108 valence electrons. The first kappa shape index (κ1) is 14.3. The Morgan fingerprint density at radius 1 is 1.37 bits per heavy atom. The van der Waals surface area contributed by atoms with Crippen molar-refractivity contribution in [2.45, 2.75) is 45.7 Å². The van der Waals surface area contributed by atoms with Crippen LogP contribution < -0.4 is 5.32 Å². The third kappa shape index (κ3) is 3.08. The number of hydrogen-bond donors (Lipinski definition) is 1. The van der Waals surface area contributed by atoms with Crippen molar-refractivity contribution in [3.8, 4) is 0 Å². The molecule has 0 aromatic carbocycles. The zero-order valence-corrected chi connectivity index (χ0v) is 12.2. The van der Waals surface area contributed by atoms with Gasteiger partial charge < -0.3 is 15.1 Å². The number of piperidine rings is 1. The molecule has 0 radical (unpaired) electrons. The zero-order chi connectivity index (χ0) is 14.0. The number of likely N-dealkylation sites (tertiary alicyclic amines) is 1. The lowest BCUT2D eigenvalue weighted by atomic mass is 9.97. The van der Waals surface area contributed by atoms with Crippen LogP contribution in [0.4, 0.5) is 0 Å². The average molecular weight is 267 g/mol. The van der Waals surface area contributed by atoms with Gasteiger partial charge in [-0.05, 0) is 31.8 Å². The first-order valence-corrected chi connectivity index (χ1v) is 7.35. The van der Waals surface area contributed by atoms with Crippen LogP contribution >= 0.6 is 0 Å². The van der Waals surface area contributed by atoms with E-state index in [1.807, 2.05) is 18.7 Å². The van der Waals surface area contributed by atoms with Crippen molar-refractivity contribution >= 4 is 11.8 Å². The van der Waals surface area contributed by atoms with Crippen molar-refractivity contribution in [3.05, 3.63) is 0 Å². The molecule has 0 spiro atoms. The summed E-state index contributed by atoms with van der Waals surface area (Å²) in [5, 5.41) is 2.82. The summed E-state index contributed by atoms with van der Waals surface area (Å²) < 4.78 is 0. The third-order valence-corrected chi connectivity index (χ3v) is 4.21. The monoisotopic (exact) mass is 267 g/mol. The van der Waals surface area contributed by atoms with Gasteiger partial charge in [0.15, 0.2) is 0 Å². The fourth-order valence-corrected chi connectivity index (χ4v) is 3.03. The molecule has 2 atom stereocenters. The highest BCUT2D eigenvalue weighted by molar-refractivity contribution is 5.95. The summed E-state index contributed by atoms with van der Waals surface area (Å²) in [5.41, 5.74) is 0. The van der Waals surface area contributed by atoms with E-state index in [-0.39, 0.29) is 36.4 Å². The molecular weight excluding hydrogens is 242 g/mol. The number of hydrogen-bond acceptors (Lipinski definition) is 3. The normalized spacial score (nSPS) is 29.8. The van der Waals surface area contributed by atoms with E-state index in [0.29, 0.717) is 0 Å². The molecule has 2 aliphatic heterocycles. The van der Waals surface area contributed by atoms with Gasteiger partial charge in [-0.1, -0.05) is 20.8 Å². The summed E-state index contributed by atoms with van der Waals surface area (Å²) in [5.74, 6) is 0.217. The molecule has 2 heterocycles. The molecule has 19 heavy (non-hydrogen) atoms. The minimum atomic E-state index is -0.349. The van der Waals surface area contributed by atoms with Crippen LogP contribution in [0.1, 0.15) is 33.6 Å². The fourth-order valence-electron chi connectivity index (χ4n) is 3.03. The van der Waals surface area contributed by atoms with Crippen molar-refractivity contribution < 1.29 is 9.59 Å². The van der Waals surface area contributed by atoms with Crippen LogP contribution in [0.5, 0.6) is 0 Å². The fraction of sp³-hybridized carbons (Fsp3) is 0.857. The number of rotatable bonds is 3. The SMILES string of the molecule is CCN1CCCC(N2CC(=O)NC(C(C)C)C2=O)C1. The topological polar surface area (TPSA) is 52.6 Å². The highest BCUT2D eigenvalue weighted by Gasteiger charge is 2.38. The highest BCUT2D eigenvalue weighted by atomic mass is 16.2. The summed E-state index contributed by atoms with van der Waals surface area (Å²) in [6.07, 6.45) is 2.12. The maximum Gasteiger partial charge on any atom is 0.246 e. The van der Waals surface area contributed by atoms with Crippen LogP contribution in [0.3, 0.4) is 0 Å². The van der Waals surface area contributed by atoms with Crippen molar-refractivity contribution in [2.75, 3.05) is 26.2 Å². The molecule has 2 fully saturated rings.